The smallest absolute Gasteiger partial charge is 0.344 e. The van der Waals surface area contributed by atoms with Crippen LogP contribution >= 0.6 is 0 Å². The Morgan fingerprint density at radius 1 is 1.28 bits per heavy atom. The van der Waals surface area contributed by atoms with Gasteiger partial charge in [-0.25, -0.2) is 8.98 Å². The van der Waals surface area contributed by atoms with Gasteiger partial charge in [0.25, 0.3) is 10.1 Å². The third-order valence-corrected chi connectivity index (χ3v) is 3.41. The maximum absolute atomic E-state index is 11.7. The molecule has 18 heavy (non-hydrogen) atoms. The Balaban J connectivity index is 2.97. The molecule has 0 saturated carbocycles. The lowest BCUT2D eigenvalue weighted by Gasteiger charge is -2.10. The summed E-state index contributed by atoms with van der Waals surface area (Å²) < 4.78 is 32.2. The predicted octanol–water partition coefficient (Wildman–Crippen LogP) is 0.441. The maximum atomic E-state index is 11.7. The number of hydrogen-bond acceptors (Lipinski definition) is 6. The molecule has 0 aliphatic carbocycles. The number of aryl methyl sites for hydroxylation is 1. The number of carbonyl (C=O) groups is 2. The fraction of sp³-hybridized carbons (Fsp3) is 0.273. The monoisotopic (exact) mass is 272 g/mol. The van der Waals surface area contributed by atoms with Crippen molar-refractivity contribution in [2.24, 2.45) is 0 Å². The molecule has 0 heterocycles. The quantitative estimate of drug-likeness (QED) is 0.334. The number of hydrogen-bond donors (Lipinski definition) is 0. The number of benzene rings is 1. The van der Waals surface area contributed by atoms with Crippen molar-refractivity contribution in [3.8, 4) is 0 Å². The Morgan fingerprint density at radius 3 is 2.28 bits per heavy atom. The Morgan fingerprint density at radius 2 is 1.83 bits per heavy atom. The zero-order valence-corrected chi connectivity index (χ0v) is 10.6. The van der Waals surface area contributed by atoms with E-state index in [1.54, 1.807) is 19.1 Å². The van der Waals surface area contributed by atoms with Gasteiger partial charge in [0.2, 0.25) is 6.10 Å². The molecule has 1 rings (SSSR count). The molecule has 0 amide bonds. The van der Waals surface area contributed by atoms with E-state index in [0.717, 1.165) is 12.7 Å². The highest BCUT2D eigenvalue weighted by atomic mass is 32.2. The van der Waals surface area contributed by atoms with Crippen molar-refractivity contribution in [2.45, 2.75) is 17.9 Å². The molecule has 6 nitrogen and oxygen atoms in total. The van der Waals surface area contributed by atoms with E-state index in [-0.39, 0.29) is 11.2 Å². The maximum Gasteiger partial charge on any atom is 0.344 e. The van der Waals surface area contributed by atoms with E-state index in [0.29, 0.717) is 0 Å². The first-order valence-electron chi connectivity index (χ1n) is 4.94. The van der Waals surface area contributed by atoms with E-state index in [9.17, 15) is 18.0 Å². The van der Waals surface area contributed by atoms with Gasteiger partial charge in [-0.15, -0.1) is 0 Å². The van der Waals surface area contributed by atoms with Crippen LogP contribution in [0.4, 0.5) is 0 Å². The number of ether oxygens (including phenoxy) is 1. The van der Waals surface area contributed by atoms with Gasteiger partial charge in [0, 0.05) is 0 Å². The Kier molecular flexibility index (Phi) is 4.57. The summed E-state index contributed by atoms with van der Waals surface area (Å²) in [5.41, 5.74) is 0.869. The molecule has 0 saturated heterocycles. The Bertz CT molecular complexity index is 531. The van der Waals surface area contributed by atoms with E-state index in [4.69, 9.17) is 0 Å². The van der Waals surface area contributed by atoms with E-state index >= 15 is 0 Å². The normalized spacial score (nSPS) is 12.8. The lowest BCUT2D eigenvalue weighted by Crippen LogP contribution is -2.29. The molecule has 0 aliphatic rings. The minimum atomic E-state index is -4.18. The summed E-state index contributed by atoms with van der Waals surface area (Å²) in [6.45, 7) is 1.79. The lowest BCUT2D eigenvalue weighted by atomic mass is 10.2. The zero-order chi connectivity index (χ0) is 13.8. The summed E-state index contributed by atoms with van der Waals surface area (Å²) in [5.74, 6) is -1.07. The minimum absolute atomic E-state index is 0.0670. The van der Waals surface area contributed by atoms with Crippen molar-refractivity contribution in [3.63, 3.8) is 0 Å². The molecule has 7 heteroatoms. The van der Waals surface area contributed by atoms with Crippen LogP contribution in [0, 0.1) is 6.92 Å². The molecule has 0 aliphatic heterocycles. The SMILES string of the molecule is COC(=O)C(C=O)OS(=O)(=O)c1ccc(C)cc1. The Labute approximate surface area is 105 Å². The van der Waals surface area contributed by atoms with Gasteiger partial charge in [-0.3, -0.25) is 4.79 Å². The van der Waals surface area contributed by atoms with Crippen molar-refractivity contribution >= 4 is 22.4 Å². The first-order chi connectivity index (χ1) is 8.40. The van der Waals surface area contributed by atoms with E-state index in [1.165, 1.54) is 12.1 Å². The van der Waals surface area contributed by atoms with Crippen LogP contribution in [0.2, 0.25) is 0 Å². The average Bonchev–Trinajstić information content (AvgIpc) is 2.35. The van der Waals surface area contributed by atoms with Gasteiger partial charge >= 0.3 is 5.97 Å². The third kappa shape index (κ3) is 3.38. The van der Waals surface area contributed by atoms with Crippen molar-refractivity contribution in [3.05, 3.63) is 29.8 Å². The first-order valence-corrected chi connectivity index (χ1v) is 6.34. The highest BCUT2D eigenvalue weighted by Gasteiger charge is 2.27. The molecule has 98 valence electrons. The molecule has 1 aromatic rings. The molecule has 1 atom stereocenters. The Hall–Kier alpha value is -1.73. The van der Waals surface area contributed by atoms with Gasteiger partial charge in [0.15, 0.2) is 6.29 Å². The number of rotatable bonds is 5. The zero-order valence-electron chi connectivity index (χ0n) is 9.82. The minimum Gasteiger partial charge on any atom is -0.467 e. The van der Waals surface area contributed by atoms with Crippen molar-refractivity contribution in [1.82, 2.24) is 0 Å². The second kappa shape index (κ2) is 5.74. The molecule has 1 unspecified atom stereocenters. The van der Waals surface area contributed by atoms with Crippen LogP contribution in [-0.2, 0) is 28.6 Å². The van der Waals surface area contributed by atoms with Gasteiger partial charge in [0.1, 0.15) is 0 Å². The summed E-state index contributed by atoms with van der Waals surface area (Å²) >= 11 is 0. The first kappa shape index (κ1) is 14.3. The summed E-state index contributed by atoms with van der Waals surface area (Å²) in [6, 6.07) is 5.79. The van der Waals surface area contributed by atoms with Gasteiger partial charge in [0.05, 0.1) is 12.0 Å². The highest BCUT2D eigenvalue weighted by Crippen LogP contribution is 2.15. The fourth-order valence-electron chi connectivity index (χ4n) is 1.13. The molecule has 0 bridgehead atoms. The van der Waals surface area contributed by atoms with Crippen molar-refractivity contribution in [2.75, 3.05) is 7.11 Å². The molecular formula is C11H12O6S. The molecule has 0 radical (unpaired) electrons. The van der Waals surface area contributed by atoms with Crippen molar-refractivity contribution < 1.29 is 26.9 Å². The lowest BCUT2D eigenvalue weighted by molar-refractivity contribution is -0.150. The van der Waals surface area contributed by atoms with E-state index in [1.807, 2.05) is 0 Å². The summed E-state index contributed by atoms with van der Waals surface area (Å²) in [5, 5.41) is 0. The number of methoxy groups -OCH3 is 1. The van der Waals surface area contributed by atoms with Gasteiger partial charge in [-0.1, -0.05) is 17.7 Å². The third-order valence-electron chi connectivity index (χ3n) is 2.10. The molecule has 0 spiro atoms. The topological polar surface area (TPSA) is 86.7 Å². The van der Waals surface area contributed by atoms with Gasteiger partial charge < -0.3 is 4.74 Å². The van der Waals surface area contributed by atoms with E-state index in [2.05, 4.69) is 8.92 Å². The van der Waals surface area contributed by atoms with Crippen molar-refractivity contribution in [1.29, 1.82) is 0 Å². The van der Waals surface area contributed by atoms with Crippen LogP contribution in [0.1, 0.15) is 5.56 Å². The number of carbonyl (C=O) groups excluding carboxylic acids is 2. The van der Waals surface area contributed by atoms with E-state index < -0.39 is 22.2 Å². The van der Waals surface area contributed by atoms with Gasteiger partial charge in [-0.05, 0) is 19.1 Å². The molecule has 0 fully saturated rings. The molecular weight excluding hydrogens is 260 g/mol. The summed E-state index contributed by atoms with van der Waals surface area (Å²) in [7, 11) is -3.15. The summed E-state index contributed by atoms with van der Waals surface area (Å²) in [6.07, 6.45) is -1.72. The second-order valence-electron chi connectivity index (χ2n) is 3.44. The van der Waals surface area contributed by atoms with Crippen LogP contribution in [0.5, 0.6) is 0 Å². The van der Waals surface area contributed by atoms with Crippen LogP contribution in [0.25, 0.3) is 0 Å². The second-order valence-corrected chi connectivity index (χ2v) is 5.02. The number of esters is 1. The molecule has 1 aromatic carbocycles. The summed E-state index contributed by atoms with van der Waals surface area (Å²) in [4.78, 5) is 21.5. The van der Waals surface area contributed by atoms with Crippen LogP contribution in [0.15, 0.2) is 29.2 Å². The standard InChI is InChI=1S/C11H12O6S/c1-8-3-5-9(6-4-8)18(14,15)17-10(7-12)11(13)16-2/h3-7,10H,1-2H3. The number of aldehydes is 1. The predicted molar refractivity (Wildman–Crippen MR) is 61.3 cm³/mol. The average molecular weight is 272 g/mol. The van der Waals surface area contributed by atoms with Crippen LogP contribution in [0.3, 0.4) is 0 Å². The highest BCUT2D eigenvalue weighted by molar-refractivity contribution is 7.86. The van der Waals surface area contributed by atoms with Gasteiger partial charge in [-0.2, -0.15) is 8.42 Å². The molecule has 0 N–H and O–H groups in total. The van der Waals surface area contributed by atoms with Crippen LogP contribution < -0.4 is 0 Å². The fourth-order valence-corrected chi connectivity index (χ4v) is 2.11. The largest absolute Gasteiger partial charge is 0.467 e. The van der Waals surface area contributed by atoms with Crippen LogP contribution in [-0.4, -0.2) is 33.9 Å². The molecule has 0 aromatic heterocycles.